The Morgan fingerprint density at radius 3 is 2.65 bits per heavy atom. The minimum atomic E-state index is -0.189. The van der Waals surface area contributed by atoms with E-state index in [-0.39, 0.29) is 5.82 Å². The van der Waals surface area contributed by atoms with Gasteiger partial charge in [0.1, 0.15) is 5.82 Å². The lowest BCUT2D eigenvalue weighted by Gasteiger charge is -2.20. The molecule has 3 heteroatoms. The van der Waals surface area contributed by atoms with Gasteiger partial charge in [0.15, 0.2) is 0 Å². The number of halogens is 2. The van der Waals surface area contributed by atoms with Crippen LogP contribution in [0.25, 0.3) is 0 Å². The first-order chi connectivity index (χ1) is 8.19. The standard InChI is InChI=1S/C14H21BrFN/c1-3-5-6-14(17-9-4-2)12-8-7-11(16)10-13(12)15/h7-8,10,14,17H,3-6,9H2,1-2H3. The van der Waals surface area contributed by atoms with Crippen molar-refractivity contribution >= 4 is 15.9 Å². The van der Waals surface area contributed by atoms with Crippen molar-refractivity contribution in [2.75, 3.05) is 6.54 Å². The number of hydrogen-bond acceptors (Lipinski definition) is 1. The maximum atomic E-state index is 13.1. The molecule has 0 saturated heterocycles. The molecule has 0 aliphatic heterocycles. The van der Waals surface area contributed by atoms with Crippen LogP contribution in [0.2, 0.25) is 0 Å². The molecule has 0 amide bonds. The van der Waals surface area contributed by atoms with Gasteiger partial charge in [0, 0.05) is 10.5 Å². The van der Waals surface area contributed by atoms with Crippen LogP contribution in [0.15, 0.2) is 22.7 Å². The van der Waals surface area contributed by atoms with Gasteiger partial charge in [-0.3, -0.25) is 0 Å². The Bertz CT molecular complexity index is 333. The second kappa shape index (κ2) is 7.83. The minimum Gasteiger partial charge on any atom is -0.310 e. The third kappa shape index (κ3) is 4.76. The third-order valence-electron chi connectivity index (χ3n) is 2.83. The lowest BCUT2D eigenvalue weighted by Crippen LogP contribution is -2.22. The maximum absolute atomic E-state index is 13.1. The van der Waals surface area contributed by atoms with Crippen molar-refractivity contribution in [3.05, 3.63) is 34.1 Å². The van der Waals surface area contributed by atoms with E-state index in [1.54, 1.807) is 6.07 Å². The van der Waals surface area contributed by atoms with Gasteiger partial charge < -0.3 is 5.32 Å². The molecule has 96 valence electrons. The summed E-state index contributed by atoms with van der Waals surface area (Å²) < 4.78 is 13.9. The normalized spacial score (nSPS) is 12.7. The smallest absolute Gasteiger partial charge is 0.124 e. The summed E-state index contributed by atoms with van der Waals surface area (Å²) in [6.45, 7) is 5.35. The monoisotopic (exact) mass is 301 g/mol. The van der Waals surface area contributed by atoms with Crippen LogP contribution in [-0.4, -0.2) is 6.54 Å². The van der Waals surface area contributed by atoms with Gasteiger partial charge in [0.2, 0.25) is 0 Å². The molecular formula is C14H21BrFN. The van der Waals surface area contributed by atoms with E-state index >= 15 is 0 Å². The van der Waals surface area contributed by atoms with E-state index in [0.29, 0.717) is 6.04 Å². The highest BCUT2D eigenvalue weighted by atomic mass is 79.9. The molecule has 0 radical (unpaired) electrons. The van der Waals surface area contributed by atoms with Gasteiger partial charge >= 0.3 is 0 Å². The Balaban J connectivity index is 2.79. The zero-order valence-corrected chi connectivity index (χ0v) is 12.2. The first-order valence-electron chi connectivity index (χ1n) is 6.37. The highest BCUT2D eigenvalue weighted by Gasteiger charge is 2.13. The van der Waals surface area contributed by atoms with Crippen molar-refractivity contribution in [1.29, 1.82) is 0 Å². The zero-order valence-electron chi connectivity index (χ0n) is 10.6. The fourth-order valence-corrected chi connectivity index (χ4v) is 2.51. The molecule has 1 nitrogen and oxygen atoms in total. The Morgan fingerprint density at radius 2 is 2.06 bits per heavy atom. The van der Waals surface area contributed by atoms with E-state index < -0.39 is 0 Å². The Hall–Kier alpha value is -0.410. The fraction of sp³-hybridized carbons (Fsp3) is 0.571. The topological polar surface area (TPSA) is 12.0 Å². The average Bonchev–Trinajstić information content (AvgIpc) is 2.30. The van der Waals surface area contributed by atoms with Crippen molar-refractivity contribution in [3.8, 4) is 0 Å². The van der Waals surface area contributed by atoms with Gasteiger partial charge in [0.05, 0.1) is 0 Å². The van der Waals surface area contributed by atoms with Crippen molar-refractivity contribution in [3.63, 3.8) is 0 Å². The Labute approximate surface area is 112 Å². The number of hydrogen-bond donors (Lipinski definition) is 1. The van der Waals surface area contributed by atoms with Crippen molar-refractivity contribution in [1.82, 2.24) is 5.32 Å². The summed E-state index contributed by atoms with van der Waals surface area (Å²) in [6.07, 6.45) is 4.58. The summed E-state index contributed by atoms with van der Waals surface area (Å²) in [5.41, 5.74) is 1.16. The molecular weight excluding hydrogens is 281 g/mol. The van der Waals surface area contributed by atoms with Crippen LogP contribution in [-0.2, 0) is 0 Å². The van der Waals surface area contributed by atoms with Crippen LogP contribution < -0.4 is 5.32 Å². The summed E-state index contributed by atoms with van der Waals surface area (Å²) in [5.74, 6) is -0.189. The lowest BCUT2D eigenvalue weighted by molar-refractivity contribution is 0.479. The van der Waals surface area contributed by atoms with Crippen molar-refractivity contribution < 1.29 is 4.39 Å². The largest absolute Gasteiger partial charge is 0.310 e. The number of benzene rings is 1. The minimum absolute atomic E-state index is 0.189. The van der Waals surface area contributed by atoms with Gasteiger partial charge in [-0.15, -0.1) is 0 Å². The van der Waals surface area contributed by atoms with Crippen molar-refractivity contribution in [2.24, 2.45) is 0 Å². The van der Waals surface area contributed by atoms with E-state index in [9.17, 15) is 4.39 Å². The average molecular weight is 302 g/mol. The summed E-state index contributed by atoms with van der Waals surface area (Å²) >= 11 is 3.45. The predicted octanol–water partition coefficient (Wildman–Crippen LogP) is 4.82. The van der Waals surface area contributed by atoms with Crippen LogP contribution in [0.5, 0.6) is 0 Å². The molecule has 0 spiro atoms. The maximum Gasteiger partial charge on any atom is 0.124 e. The molecule has 0 aromatic heterocycles. The van der Waals surface area contributed by atoms with Crippen LogP contribution in [0.4, 0.5) is 4.39 Å². The SMILES string of the molecule is CCCCC(NCCC)c1ccc(F)cc1Br. The molecule has 0 aliphatic rings. The second-order valence-electron chi connectivity index (χ2n) is 4.31. The first kappa shape index (κ1) is 14.7. The summed E-state index contributed by atoms with van der Waals surface area (Å²) in [5, 5.41) is 3.53. The predicted molar refractivity (Wildman–Crippen MR) is 74.7 cm³/mol. The van der Waals surface area contributed by atoms with Gasteiger partial charge in [0.25, 0.3) is 0 Å². The highest BCUT2D eigenvalue weighted by Crippen LogP contribution is 2.27. The van der Waals surface area contributed by atoms with Crippen LogP contribution in [0.3, 0.4) is 0 Å². The number of unbranched alkanes of at least 4 members (excludes halogenated alkanes) is 1. The number of rotatable bonds is 7. The molecule has 1 atom stereocenters. The first-order valence-corrected chi connectivity index (χ1v) is 7.16. The molecule has 1 aromatic carbocycles. The Morgan fingerprint density at radius 1 is 1.29 bits per heavy atom. The summed E-state index contributed by atoms with van der Waals surface area (Å²) in [4.78, 5) is 0. The van der Waals surface area contributed by atoms with Crippen LogP contribution in [0.1, 0.15) is 51.1 Å². The third-order valence-corrected chi connectivity index (χ3v) is 3.51. The molecule has 1 unspecified atom stereocenters. The molecule has 1 aromatic rings. The van der Waals surface area contributed by atoms with E-state index in [1.165, 1.54) is 18.9 Å². The quantitative estimate of drug-likeness (QED) is 0.761. The van der Waals surface area contributed by atoms with E-state index in [1.807, 2.05) is 6.07 Å². The van der Waals surface area contributed by atoms with E-state index in [2.05, 4.69) is 35.1 Å². The van der Waals surface area contributed by atoms with Gasteiger partial charge in [-0.25, -0.2) is 4.39 Å². The molecule has 1 N–H and O–H groups in total. The van der Waals surface area contributed by atoms with Crippen molar-refractivity contribution in [2.45, 2.75) is 45.6 Å². The highest BCUT2D eigenvalue weighted by molar-refractivity contribution is 9.10. The van der Waals surface area contributed by atoms with Gasteiger partial charge in [-0.05, 0) is 37.1 Å². The van der Waals surface area contributed by atoms with Crippen LogP contribution >= 0.6 is 15.9 Å². The molecule has 0 bridgehead atoms. The summed E-state index contributed by atoms with van der Waals surface area (Å²) in [7, 11) is 0. The zero-order chi connectivity index (χ0) is 12.7. The van der Waals surface area contributed by atoms with Gasteiger partial charge in [-0.2, -0.15) is 0 Å². The van der Waals surface area contributed by atoms with Gasteiger partial charge in [-0.1, -0.05) is 48.7 Å². The molecule has 0 fully saturated rings. The molecule has 0 heterocycles. The lowest BCUT2D eigenvalue weighted by atomic mass is 10.0. The second-order valence-corrected chi connectivity index (χ2v) is 5.17. The molecule has 0 aliphatic carbocycles. The number of nitrogens with one attached hydrogen (secondary N) is 1. The molecule has 17 heavy (non-hydrogen) atoms. The van der Waals surface area contributed by atoms with Crippen LogP contribution in [0, 0.1) is 5.82 Å². The summed E-state index contributed by atoms with van der Waals surface area (Å²) in [6, 6.07) is 5.28. The Kier molecular flexibility index (Phi) is 6.75. The molecule has 1 rings (SSSR count). The van der Waals surface area contributed by atoms with E-state index in [0.717, 1.165) is 29.4 Å². The van der Waals surface area contributed by atoms with E-state index in [4.69, 9.17) is 0 Å². The fourth-order valence-electron chi connectivity index (χ4n) is 1.88. The molecule has 0 saturated carbocycles.